The third-order valence-corrected chi connectivity index (χ3v) is 4.32. The smallest absolute Gasteiger partial charge is 0.0490 e. The molecule has 0 aliphatic rings. The number of rotatable bonds is 3. The minimum atomic E-state index is 0.556. The van der Waals surface area contributed by atoms with Crippen LogP contribution in [0.1, 0.15) is 11.1 Å². The predicted molar refractivity (Wildman–Crippen MR) is 88.1 cm³/mol. The highest BCUT2D eigenvalue weighted by molar-refractivity contribution is 9.10. The van der Waals surface area contributed by atoms with Crippen molar-refractivity contribution in [2.75, 3.05) is 0 Å². The quantitative estimate of drug-likeness (QED) is 0.738. The van der Waals surface area contributed by atoms with E-state index in [4.69, 9.17) is 17.3 Å². The van der Waals surface area contributed by atoms with Gasteiger partial charge in [0.2, 0.25) is 0 Å². The fourth-order valence-corrected chi connectivity index (χ4v) is 3.17. The van der Waals surface area contributed by atoms with Crippen LogP contribution in [0.15, 0.2) is 53.1 Å². The van der Waals surface area contributed by atoms with Crippen LogP contribution in [0.5, 0.6) is 0 Å². The molecular weight excluding hydrogens is 336 g/mol. The summed E-state index contributed by atoms with van der Waals surface area (Å²) in [7, 11) is 0. The van der Waals surface area contributed by atoms with Crippen LogP contribution in [-0.2, 0) is 13.1 Å². The van der Waals surface area contributed by atoms with Crippen molar-refractivity contribution < 1.29 is 0 Å². The minimum absolute atomic E-state index is 0.556. The Kier molecular flexibility index (Phi) is 3.83. The average molecular weight is 350 g/mol. The van der Waals surface area contributed by atoms with E-state index in [9.17, 15) is 0 Å². The Labute approximate surface area is 131 Å². The van der Waals surface area contributed by atoms with Gasteiger partial charge in [-0.15, -0.1) is 0 Å². The van der Waals surface area contributed by atoms with Crippen molar-refractivity contribution >= 4 is 38.4 Å². The van der Waals surface area contributed by atoms with Crippen LogP contribution in [-0.4, -0.2) is 4.57 Å². The predicted octanol–water partition coefficient (Wildman–Crippen LogP) is 4.56. The monoisotopic (exact) mass is 348 g/mol. The van der Waals surface area contributed by atoms with Crippen LogP contribution in [0.25, 0.3) is 10.9 Å². The second kappa shape index (κ2) is 5.60. The van der Waals surface area contributed by atoms with Gasteiger partial charge in [0.25, 0.3) is 0 Å². The molecule has 0 fully saturated rings. The Balaban J connectivity index is 2.03. The first-order valence-electron chi connectivity index (χ1n) is 6.40. The molecule has 3 rings (SSSR count). The summed E-state index contributed by atoms with van der Waals surface area (Å²) in [5, 5.41) is 1.99. The van der Waals surface area contributed by atoms with Gasteiger partial charge in [-0.05, 0) is 35.4 Å². The Morgan fingerprint density at radius 1 is 1.10 bits per heavy atom. The fraction of sp³-hybridized carbons (Fsp3) is 0.125. The molecule has 0 saturated carbocycles. The van der Waals surface area contributed by atoms with E-state index < -0.39 is 0 Å². The molecular formula is C16H14BrClN2. The van der Waals surface area contributed by atoms with E-state index in [2.05, 4.69) is 44.9 Å². The maximum atomic E-state index is 6.29. The zero-order valence-corrected chi connectivity index (χ0v) is 13.2. The molecule has 3 aromatic rings. The number of fused-ring (bicyclic) bond motifs is 1. The molecule has 1 aromatic heterocycles. The topological polar surface area (TPSA) is 30.9 Å². The van der Waals surface area contributed by atoms with Gasteiger partial charge in [-0.25, -0.2) is 0 Å². The Morgan fingerprint density at radius 3 is 2.70 bits per heavy atom. The molecule has 0 aliphatic heterocycles. The van der Waals surface area contributed by atoms with Gasteiger partial charge in [0.05, 0.1) is 0 Å². The summed E-state index contributed by atoms with van der Waals surface area (Å²) in [5.74, 6) is 0. The van der Waals surface area contributed by atoms with Crippen molar-refractivity contribution in [3.05, 3.63) is 69.3 Å². The maximum absolute atomic E-state index is 6.29. The van der Waals surface area contributed by atoms with Crippen molar-refractivity contribution in [3.63, 3.8) is 0 Å². The summed E-state index contributed by atoms with van der Waals surface area (Å²) in [4.78, 5) is 0. The molecule has 20 heavy (non-hydrogen) atoms. The Hall–Kier alpha value is -1.29. The molecule has 0 atom stereocenters. The van der Waals surface area contributed by atoms with Gasteiger partial charge in [0.15, 0.2) is 0 Å². The summed E-state index contributed by atoms with van der Waals surface area (Å²) >= 11 is 9.72. The number of nitrogens with two attached hydrogens (primary N) is 1. The van der Waals surface area contributed by atoms with Crippen LogP contribution in [0, 0.1) is 0 Å². The van der Waals surface area contributed by atoms with E-state index in [0.29, 0.717) is 6.54 Å². The van der Waals surface area contributed by atoms with E-state index >= 15 is 0 Å². The van der Waals surface area contributed by atoms with Crippen molar-refractivity contribution in [1.82, 2.24) is 4.57 Å². The maximum Gasteiger partial charge on any atom is 0.0490 e. The number of hydrogen-bond acceptors (Lipinski definition) is 1. The van der Waals surface area contributed by atoms with E-state index in [1.165, 1.54) is 16.5 Å². The van der Waals surface area contributed by atoms with Gasteiger partial charge in [0.1, 0.15) is 0 Å². The zero-order valence-electron chi connectivity index (χ0n) is 10.8. The van der Waals surface area contributed by atoms with Gasteiger partial charge in [0, 0.05) is 39.7 Å². The summed E-state index contributed by atoms with van der Waals surface area (Å²) in [6.45, 7) is 1.31. The van der Waals surface area contributed by atoms with Crippen molar-refractivity contribution in [2.45, 2.75) is 13.1 Å². The second-order valence-electron chi connectivity index (χ2n) is 4.73. The van der Waals surface area contributed by atoms with E-state index in [-0.39, 0.29) is 0 Å². The molecule has 0 amide bonds. The van der Waals surface area contributed by atoms with Crippen LogP contribution >= 0.6 is 27.5 Å². The molecule has 4 heteroatoms. The lowest BCUT2D eigenvalue weighted by Crippen LogP contribution is -2.00. The van der Waals surface area contributed by atoms with E-state index in [1.807, 2.05) is 24.3 Å². The first-order chi connectivity index (χ1) is 9.69. The van der Waals surface area contributed by atoms with Gasteiger partial charge in [-0.3, -0.25) is 0 Å². The van der Waals surface area contributed by atoms with E-state index in [0.717, 1.165) is 21.6 Å². The molecule has 0 saturated heterocycles. The number of aromatic nitrogens is 1. The summed E-state index contributed by atoms with van der Waals surface area (Å²) < 4.78 is 3.19. The van der Waals surface area contributed by atoms with Crippen LogP contribution in [0.2, 0.25) is 5.02 Å². The summed E-state index contributed by atoms with van der Waals surface area (Å²) in [6, 6.07) is 14.3. The van der Waals surface area contributed by atoms with Crippen LogP contribution in [0.3, 0.4) is 0 Å². The summed E-state index contributed by atoms with van der Waals surface area (Å²) in [6.07, 6.45) is 2.09. The van der Waals surface area contributed by atoms with Crippen molar-refractivity contribution in [1.29, 1.82) is 0 Å². The largest absolute Gasteiger partial charge is 0.343 e. The Morgan fingerprint density at radius 2 is 1.95 bits per heavy atom. The molecule has 1 heterocycles. The van der Waals surface area contributed by atoms with Crippen LogP contribution in [0.4, 0.5) is 0 Å². The average Bonchev–Trinajstić information content (AvgIpc) is 2.85. The lowest BCUT2D eigenvalue weighted by molar-refractivity contribution is 0.836. The lowest BCUT2D eigenvalue weighted by atomic mass is 10.1. The molecule has 0 aliphatic carbocycles. The molecule has 2 N–H and O–H groups in total. The lowest BCUT2D eigenvalue weighted by Gasteiger charge is -2.09. The highest BCUT2D eigenvalue weighted by atomic mass is 79.9. The Bertz CT molecular complexity index is 764. The number of halogens is 2. The third kappa shape index (κ3) is 2.49. The highest BCUT2D eigenvalue weighted by Crippen LogP contribution is 2.25. The summed E-state index contributed by atoms with van der Waals surface area (Å²) in [5.41, 5.74) is 9.24. The normalized spacial score (nSPS) is 11.2. The SMILES string of the molecule is NCc1cccc2c1ccn2Cc1ccc(Br)cc1Cl. The van der Waals surface area contributed by atoms with Gasteiger partial charge < -0.3 is 10.3 Å². The van der Waals surface area contributed by atoms with Crippen molar-refractivity contribution in [3.8, 4) is 0 Å². The second-order valence-corrected chi connectivity index (χ2v) is 6.06. The highest BCUT2D eigenvalue weighted by Gasteiger charge is 2.07. The number of hydrogen-bond donors (Lipinski definition) is 1. The standard InChI is InChI=1S/C16H14BrClN2/c17-13-5-4-12(15(18)8-13)10-20-7-6-14-11(9-19)2-1-3-16(14)20/h1-8H,9-10,19H2. The molecule has 0 bridgehead atoms. The van der Waals surface area contributed by atoms with Gasteiger partial charge in [-0.2, -0.15) is 0 Å². The molecule has 0 unspecified atom stereocenters. The number of benzene rings is 2. The van der Waals surface area contributed by atoms with Crippen LogP contribution < -0.4 is 5.73 Å². The zero-order chi connectivity index (χ0) is 14.1. The first kappa shape index (κ1) is 13.7. The van der Waals surface area contributed by atoms with Gasteiger partial charge in [-0.1, -0.05) is 45.7 Å². The van der Waals surface area contributed by atoms with Gasteiger partial charge >= 0.3 is 0 Å². The third-order valence-electron chi connectivity index (χ3n) is 3.48. The minimum Gasteiger partial charge on any atom is -0.343 e. The number of nitrogens with zero attached hydrogens (tertiary/aromatic N) is 1. The first-order valence-corrected chi connectivity index (χ1v) is 7.57. The fourth-order valence-electron chi connectivity index (χ4n) is 2.44. The van der Waals surface area contributed by atoms with E-state index in [1.54, 1.807) is 0 Å². The van der Waals surface area contributed by atoms with Crippen molar-refractivity contribution in [2.24, 2.45) is 5.73 Å². The molecule has 2 aromatic carbocycles. The molecule has 0 spiro atoms. The molecule has 102 valence electrons. The molecule has 2 nitrogen and oxygen atoms in total. The molecule has 0 radical (unpaired) electrons.